The van der Waals surface area contributed by atoms with E-state index >= 15 is 0 Å². The highest BCUT2D eigenvalue weighted by Crippen LogP contribution is 2.70. The number of carbonyl (C=O) groups excluding carboxylic acids is 1. The lowest BCUT2D eigenvalue weighted by atomic mass is 9.38. The van der Waals surface area contributed by atoms with Crippen molar-refractivity contribution in [2.75, 3.05) is 19.8 Å². The fraction of sp³-hybridized carbons (Fsp3) is 0.708. The Morgan fingerprint density at radius 3 is 2.75 bits per heavy atom. The third-order valence-corrected chi connectivity index (χ3v) is 8.44. The summed E-state index contributed by atoms with van der Waals surface area (Å²) in [6.07, 6.45) is 6.59. The molecular weight excluding hydrogens is 351 g/mol. The van der Waals surface area contributed by atoms with Crippen LogP contribution >= 0.6 is 0 Å². The van der Waals surface area contributed by atoms with Crippen molar-refractivity contribution in [2.24, 2.45) is 22.7 Å². The first kappa shape index (κ1) is 18.6. The van der Waals surface area contributed by atoms with Crippen LogP contribution in [-0.4, -0.2) is 31.7 Å². The van der Waals surface area contributed by atoms with Crippen LogP contribution in [0, 0.1) is 22.7 Å². The van der Waals surface area contributed by atoms with E-state index in [4.69, 9.17) is 0 Å². The average molecular weight is 385 g/mol. The van der Waals surface area contributed by atoms with E-state index in [0.29, 0.717) is 11.8 Å². The molecule has 1 amide bonds. The van der Waals surface area contributed by atoms with Crippen LogP contribution in [0.5, 0.6) is 0 Å². The summed E-state index contributed by atoms with van der Waals surface area (Å²) in [6, 6.07) is 10.9. The number of piperidine rings is 1. The fourth-order valence-electron chi connectivity index (χ4n) is 7.70. The summed E-state index contributed by atoms with van der Waals surface area (Å²) in [6.45, 7) is 3.86. The van der Waals surface area contributed by atoms with E-state index in [2.05, 4.69) is 47.9 Å². The molecule has 1 aromatic carbocycles. The van der Waals surface area contributed by atoms with Gasteiger partial charge in [-0.1, -0.05) is 37.3 Å². The minimum atomic E-state index is -0.383. The van der Waals surface area contributed by atoms with Crippen LogP contribution in [0.1, 0.15) is 57.4 Å². The van der Waals surface area contributed by atoms with Gasteiger partial charge in [0, 0.05) is 11.5 Å². The summed E-state index contributed by atoms with van der Waals surface area (Å²) in [4.78, 5) is 13.7. The summed E-state index contributed by atoms with van der Waals surface area (Å²) in [5, 5.41) is 6.85. The summed E-state index contributed by atoms with van der Waals surface area (Å²) in [7, 11) is 0. The zero-order chi connectivity index (χ0) is 19.4. The van der Waals surface area contributed by atoms with E-state index in [9.17, 15) is 9.18 Å². The van der Waals surface area contributed by atoms with Crippen molar-refractivity contribution in [1.29, 1.82) is 0 Å². The minimum absolute atomic E-state index is 0.0240. The Morgan fingerprint density at radius 2 is 2.00 bits per heavy atom. The van der Waals surface area contributed by atoms with Crippen LogP contribution in [0.25, 0.3) is 0 Å². The lowest BCUT2D eigenvalue weighted by Crippen LogP contribution is -2.64. The Balaban J connectivity index is 1.48. The Kier molecular flexibility index (Phi) is 4.35. The second-order valence-corrected chi connectivity index (χ2v) is 10.6. The third kappa shape index (κ3) is 2.82. The molecule has 2 N–H and O–H groups in total. The quantitative estimate of drug-likeness (QED) is 0.824. The molecule has 0 spiro atoms. The maximum absolute atomic E-state index is 14.4. The number of benzene rings is 1. The zero-order valence-corrected chi connectivity index (χ0v) is 17.0. The molecule has 4 heteroatoms. The SMILES string of the molecule is CC1CNCCC1NC(=O)C12CC3CC(CF)(C1)C[C@](c1ccccc1)(C3)C2. The first-order chi connectivity index (χ1) is 13.5. The molecule has 6 rings (SSSR count). The Hall–Kier alpha value is -1.42. The summed E-state index contributed by atoms with van der Waals surface area (Å²) in [5.74, 6) is 1.14. The summed E-state index contributed by atoms with van der Waals surface area (Å²) >= 11 is 0. The van der Waals surface area contributed by atoms with Crippen LogP contribution < -0.4 is 10.6 Å². The molecule has 4 bridgehead atoms. The van der Waals surface area contributed by atoms with Gasteiger partial charge in [0.05, 0.1) is 12.1 Å². The number of rotatable bonds is 4. The molecule has 5 aliphatic rings. The van der Waals surface area contributed by atoms with Crippen LogP contribution in [0.15, 0.2) is 30.3 Å². The molecule has 1 aliphatic heterocycles. The molecule has 4 saturated carbocycles. The Bertz CT molecular complexity index is 754. The second-order valence-electron chi connectivity index (χ2n) is 10.6. The number of carbonyl (C=O) groups is 1. The third-order valence-electron chi connectivity index (χ3n) is 8.44. The van der Waals surface area contributed by atoms with E-state index in [0.717, 1.165) is 58.0 Å². The lowest BCUT2D eigenvalue weighted by molar-refractivity contribution is -0.166. The van der Waals surface area contributed by atoms with Gasteiger partial charge in [0.15, 0.2) is 0 Å². The number of alkyl halides is 1. The Morgan fingerprint density at radius 1 is 1.18 bits per heavy atom. The van der Waals surface area contributed by atoms with Gasteiger partial charge >= 0.3 is 0 Å². The average Bonchev–Trinajstić information content (AvgIpc) is 2.69. The van der Waals surface area contributed by atoms with Crippen molar-refractivity contribution < 1.29 is 9.18 Å². The zero-order valence-electron chi connectivity index (χ0n) is 17.0. The second kappa shape index (κ2) is 6.55. The Labute approximate surface area is 167 Å². The fourth-order valence-corrected chi connectivity index (χ4v) is 7.70. The van der Waals surface area contributed by atoms with Gasteiger partial charge in [-0.05, 0) is 80.8 Å². The van der Waals surface area contributed by atoms with Crippen molar-refractivity contribution in [2.45, 2.75) is 63.3 Å². The summed E-state index contributed by atoms with van der Waals surface area (Å²) in [5.41, 5.74) is 0.617. The van der Waals surface area contributed by atoms with Crippen molar-refractivity contribution in [1.82, 2.24) is 10.6 Å². The van der Waals surface area contributed by atoms with E-state index in [-0.39, 0.29) is 34.9 Å². The van der Waals surface area contributed by atoms with Gasteiger partial charge in [0.1, 0.15) is 0 Å². The predicted octanol–water partition coefficient (Wildman–Crippen LogP) is 3.98. The maximum Gasteiger partial charge on any atom is 0.226 e. The standard InChI is InChI=1S/C24H33FN2O/c1-17-12-26-8-7-20(17)27-21(28)24-11-18-9-22(14-24,16-25)13-23(10-18,15-24)19-5-3-2-4-6-19/h2-6,17-18,20,26H,7-16H2,1H3,(H,27,28)/t17?,18?,20?,22?,23-,24?/m1/s1. The molecular formula is C24H33FN2O. The molecule has 1 heterocycles. The lowest BCUT2D eigenvalue weighted by Gasteiger charge is -2.65. The molecule has 0 aromatic heterocycles. The number of nitrogens with one attached hydrogen (secondary N) is 2. The van der Waals surface area contributed by atoms with E-state index < -0.39 is 0 Å². The first-order valence-corrected chi connectivity index (χ1v) is 11.1. The molecule has 5 unspecified atom stereocenters. The number of hydrogen-bond acceptors (Lipinski definition) is 2. The van der Waals surface area contributed by atoms with Crippen LogP contribution in [0.3, 0.4) is 0 Å². The highest BCUT2D eigenvalue weighted by molar-refractivity contribution is 5.84. The smallest absolute Gasteiger partial charge is 0.226 e. The van der Waals surface area contributed by atoms with Gasteiger partial charge in [0.2, 0.25) is 5.91 Å². The van der Waals surface area contributed by atoms with Gasteiger partial charge in [-0.3, -0.25) is 9.18 Å². The molecule has 4 aliphatic carbocycles. The largest absolute Gasteiger partial charge is 0.353 e. The van der Waals surface area contributed by atoms with Crippen LogP contribution in [0.4, 0.5) is 4.39 Å². The van der Waals surface area contributed by atoms with E-state index in [1.165, 1.54) is 5.56 Å². The molecule has 5 fully saturated rings. The van der Waals surface area contributed by atoms with Crippen LogP contribution in [0.2, 0.25) is 0 Å². The molecule has 3 nitrogen and oxygen atoms in total. The molecule has 1 aromatic rings. The van der Waals surface area contributed by atoms with Gasteiger partial charge in [-0.15, -0.1) is 0 Å². The highest BCUT2D eigenvalue weighted by Gasteiger charge is 2.66. The van der Waals surface area contributed by atoms with Gasteiger partial charge in [-0.25, -0.2) is 0 Å². The maximum atomic E-state index is 14.4. The topological polar surface area (TPSA) is 41.1 Å². The first-order valence-electron chi connectivity index (χ1n) is 11.1. The molecule has 152 valence electrons. The molecule has 28 heavy (non-hydrogen) atoms. The van der Waals surface area contributed by atoms with Crippen LogP contribution in [-0.2, 0) is 10.2 Å². The van der Waals surface area contributed by atoms with Crippen molar-refractivity contribution in [3.05, 3.63) is 35.9 Å². The molecule has 1 saturated heterocycles. The van der Waals surface area contributed by atoms with Gasteiger partial charge in [0.25, 0.3) is 0 Å². The molecule has 0 radical (unpaired) electrons. The van der Waals surface area contributed by atoms with E-state index in [1.807, 2.05) is 0 Å². The highest BCUT2D eigenvalue weighted by atomic mass is 19.1. The number of halogens is 1. The number of amides is 1. The number of hydrogen-bond donors (Lipinski definition) is 2. The monoisotopic (exact) mass is 384 g/mol. The summed E-state index contributed by atoms with van der Waals surface area (Å²) < 4.78 is 14.4. The predicted molar refractivity (Wildman–Crippen MR) is 109 cm³/mol. The normalized spacial score (nSPS) is 44.4. The van der Waals surface area contributed by atoms with Crippen molar-refractivity contribution in [3.63, 3.8) is 0 Å². The van der Waals surface area contributed by atoms with Gasteiger partial charge in [-0.2, -0.15) is 0 Å². The van der Waals surface area contributed by atoms with Gasteiger partial charge < -0.3 is 10.6 Å². The van der Waals surface area contributed by atoms with Crippen molar-refractivity contribution in [3.8, 4) is 0 Å². The molecule has 6 atom stereocenters. The van der Waals surface area contributed by atoms with Crippen molar-refractivity contribution >= 4 is 5.91 Å². The van der Waals surface area contributed by atoms with E-state index in [1.54, 1.807) is 0 Å². The minimum Gasteiger partial charge on any atom is -0.353 e.